The van der Waals surface area contributed by atoms with Gasteiger partial charge in [-0.05, 0) is 54.6 Å². The molecule has 0 unspecified atom stereocenters. The number of nitrogens with zero attached hydrogens (tertiary/aromatic N) is 4. The molecule has 0 aliphatic carbocycles. The molecule has 0 radical (unpaired) electrons. The lowest BCUT2D eigenvalue weighted by Crippen LogP contribution is -2.39. The summed E-state index contributed by atoms with van der Waals surface area (Å²) in [5.74, 6) is 2.38. The lowest BCUT2D eigenvalue weighted by Gasteiger charge is -2.34. The predicted molar refractivity (Wildman–Crippen MR) is 139 cm³/mol. The highest BCUT2D eigenvalue weighted by Gasteiger charge is 2.21. The zero-order chi connectivity index (χ0) is 23.5. The van der Waals surface area contributed by atoms with Crippen molar-refractivity contribution in [3.05, 3.63) is 60.9 Å². The number of benzene rings is 2. The normalized spacial score (nSPS) is 14.2. The molecule has 1 saturated heterocycles. The third-order valence-corrected chi connectivity index (χ3v) is 6.28. The van der Waals surface area contributed by atoms with E-state index in [1.807, 2.05) is 31.3 Å². The van der Waals surface area contributed by atoms with Crippen LogP contribution in [0.25, 0.3) is 22.0 Å². The first-order chi connectivity index (χ1) is 16.6. The molecular weight excluding hydrogens is 426 g/mol. The fourth-order valence-electron chi connectivity index (χ4n) is 4.45. The van der Waals surface area contributed by atoms with Crippen LogP contribution in [0.4, 0.5) is 23.1 Å². The van der Waals surface area contributed by atoms with Gasteiger partial charge in [0.1, 0.15) is 11.6 Å². The van der Waals surface area contributed by atoms with E-state index in [0.29, 0.717) is 12.0 Å². The molecular formula is C26H29N7O. The van der Waals surface area contributed by atoms with Crippen molar-refractivity contribution in [2.75, 3.05) is 48.5 Å². The van der Waals surface area contributed by atoms with Crippen molar-refractivity contribution in [1.29, 1.82) is 0 Å². The molecule has 0 spiro atoms. The van der Waals surface area contributed by atoms with E-state index in [0.717, 1.165) is 70.9 Å². The minimum atomic E-state index is 0.347. The molecule has 0 amide bonds. The minimum Gasteiger partial charge on any atom is -0.497 e. The van der Waals surface area contributed by atoms with Crippen LogP contribution in [-0.2, 0) is 0 Å². The van der Waals surface area contributed by atoms with Crippen LogP contribution in [0, 0.1) is 0 Å². The number of nitrogens with two attached hydrogens (primary N) is 1. The van der Waals surface area contributed by atoms with Crippen LogP contribution < -0.4 is 26.0 Å². The average molecular weight is 456 g/mol. The summed E-state index contributed by atoms with van der Waals surface area (Å²) in [4.78, 5) is 15.7. The Hall–Kier alpha value is -4.07. The number of nitrogens with one attached hydrogen (secondary N) is 2. The first kappa shape index (κ1) is 21.8. The van der Waals surface area contributed by atoms with E-state index in [-0.39, 0.29) is 0 Å². The van der Waals surface area contributed by atoms with Gasteiger partial charge in [0.15, 0.2) is 0 Å². The van der Waals surface area contributed by atoms with E-state index >= 15 is 0 Å². The molecule has 34 heavy (non-hydrogen) atoms. The molecule has 3 heterocycles. The van der Waals surface area contributed by atoms with Crippen LogP contribution in [-0.4, -0.2) is 48.2 Å². The summed E-state index contributed by atoms with van der Waals surface area (Å²) in [5.41, 5.74) is 9.69. The summed E-state index contributed by atoms with van der Waals surface area (Å²) in [6.07, 6.45) is 5.55. The Morgan fingerprint density at radius 2 is 1.82 bits per heavy atom. The molecule has 174 valence electrons. The van der Waals surface area contributed by atoms with E-state index in [1.165, 1.54) is 0 Å². The third-order valence-electron chi connectivity index (χ3n) is 6.28. The maximum absolute atomic E-state index is 5.95. The Bertz CT molecular complexity index is 1300. The molecule has 0 atom stereocenters. The molecule has 5 rings (SSSR count). The number of anilines is 4. The first-order valence-corrected chi connectivity index (χ1v) is 11.5. The fraction of sp³-hybridized carbons (Fsp3) is 0.269. The summed E-state index contributed by atoms with van der Waals surface area (Å²) in [5, 5.41) is 9.09. The van der Waals surface area contributed by atoms with E-state index < -0.39 is 0 Å². The number of nitrogen functional groups attached to an aromatic ring is 1. The zero-order valence-corrected chi connectivity index (χ0v) is 19.5. The van der Waals surface area contributed by atoms with Crippen LogP contribution in [0.15, 0.2) is 60.9 Å². The Kier molecular flexibility index (Phi) is 6.03. The van der Waals surface area contributed by atoms with Gasteiger partial charge >= 0.3 is 0 Å². The second kappa shape index (κ2) is 9.43. The largest absolute Gasteiger partial charge is 0.497 e. The van der Waals surface area contributed by atoms with Gasteiger partial charge in [-0.25, -0.2) is 15.0 Å². The lowest BCUT2D eigenvalue weighted by atomic mass is 9.99. The molecule has 1 fully saturated rings. The molecule has 2 aromatic carbocycles. The van der Waals surface area contributed by atoms with Crippen LogP contribution >= 0.6 is 0 Å². The summed E-state index contributed by atoms with van der Waals surface area (Å²) in [7, 11) is 3.52. The van der Waals surface area contributed by atoms with Gasteiger partial charge in [-0.15, -0.1) is 0 Å². The van der Waals surface area contributed by atoms with Crippen LogP contribution in [0.1, 0.15) is 12.8 Å². The maximum atomic E-state index is 5.95. The number of hydrogen-bond donors (Lipinski definition) is 3. The highest BCUT2D eigenvalue weighted by molar-refractivity contribution is 5.98. The van der Waals surface area contributed by atoms with Crippen molar-refractivity contribution in [3.63, 3.8) is 0 Å². The van der Waals surface area contributed by atoms with E-state index in [9.17, 15) is 0 Å². The lowest BCUT2D eigenvalue weighted by molar-refractivity contribution is 0.415. The average Bonchev–Trinajstić information content (AvgIpc) is 2.89. The Balaban J connectivity index is 1.43. The molecule has 8 nitrogen and oxygen atoms in total. The third kappa shape index (κ3) is 4.52. The number of methoxy groups -OCH3 is 1. The zero-order valence-electron chi connectivity index (χ0n) is 19.5. The Morgan fingerprint density at radius 3 is 2.59 bits per heavy atom. The number of piperidine rings is 1. The van der Waals surface area contributed by atoms with E-state index in [4.69, 9.17) is 10.5 Å². The van der Waals surface area contributed by atoms with Gasteiger partial charge in [0, 0.05) is 67.0 Å². The van der Waals surface area contributed by atoms with Crippen LogP contribution in [0.2, 0.25) is 0 Å². The molecule has 4 N–H and O–H groups in total. The van der Waals surface area contributed by atoms with Gasteiger partial charge in [0.25, 0.3) is 0 Å². The van der Waals surface area contributed by atoms with Crippen molar-refractivity contribution in [2.45, 2.75) is 18.9 Å². The van der Waals surface area contributed by atoms with Gasteiger partial charge in [0.05, 0.1) is 12.8 Å². The maximum Gasteiger partial charge on any atom is 0.222 e. The standard InChI is InChI=1S/C26H29N7O/c1-28-26-30-10-6-23(32-26)18-13-17-3-4-21(34-2)16-22(17)24(14-18)31-20-7-11-33(12-8-20)25-15-19(27)5-9-29-25/h3-6,9-10,13-16,20,31H,7-8,11-12H2,1-2H3,(H2,27,29)(H,28,30,32). The van der Waals surface area contributed by atoms with Gasteiger partial charge in [-0.1, -0.05) is 6.07 Å². The van der Waals surface area contributed by atoms with E-state index in [1.54, 1.807) is 19.5 Å². The number of pyridine rings is 1. The van der Waals surface area contributed by atoms with Crippen LogP contribution in [0.5, 0.6) is 5.75 Å². The summed E-state index contributed by atoms with van der Waals surface area (Å²) >= 11 is 0. The van der Waals surface area contributed by atoms with Crippen molar-refractivity contribution >= 4 is 33.9 Å². The van der Waals surface area contributed by atoms with Gasteiger partial charge in [-0.2, -0.15) is 0 Å². The number of hydrogen-bond acceptors (Lipinski definition) is 8. The van der Waals surface area contributed by atoms with Crippen molar-refractivity contribution in [2.24, 2.45) is 0 Å². The van der Waals surface area contributed by atoms with Gasteiger partial charge < -0.3 is 26.0 Å². The molecule has 8 heteroatoms. The quantitative estimate of drug-likeness (QED) is 0.393. The number of rotatable bonds is 6. The summed E-state index contributed by atoms with van der Waals surface area (Å²) in [6, 6.07) is 16.6. The van der Waals surface area contributed by atoms with Gasteiger partial charge in [0.2, 0.25) is 5.95 Å². The van der Waals surface area contributed by atoms with Crippen molar-refractivity contribution < 1.29 is 4.74 Å². The molecule has 1 aliphatic heterocycles. The highest BCUT2D eigenvalue weighted by atomic mass is 16.5. The molecule has 4 aromatic rings. The van der Waals surface area contributed by atoms with Crippen molar-refractivity contribution in [1.82, 2.24) is 15.0 Å². The Morgan fingerprint density at radius 1 is 1.00 bits per heavy atom. The molecule has 0 bridgehead atoms. The molecule has 2 aromatic heterocycles. The summed E-state index contributed by atoms with van der Waals surface area (Å²) in [6.45, 7) is 1.85. The Labute approximate surface area is 199 Å². The molecule has 0 saturated carbocycles. The predicted octanol–water partition coefficient (Wildman–Crippen LogP) is 4.41. The monoisotopic (exact) mass is 455 g/mol. The first-order valence-electron chi connectivity index (χ1n) is 11.5. The number of aromatic nitrogens is 3. The molecule has 1 aliphatic rings. The second-order valence-electron chi connectivity index (χ2n) is 8.48. The number of ether oxygens (including phenoxy) is 1. The smallest absolute Gasteiger partial charge is 0.222 e. The highest BCUT2D eigenvalue weighted by Crippen LogP contribution is 2.34. The van der Waals surface area contributed by atoms with Crippen LogP contribution in [0.3, 0.4) is 0 Å². The van der Waals surface area contributed by atoms with E-state index in [2.05, 4.69) is 54.8 Å². The second-order valence-corrected chi connectivity index (χ2v) is 8.48. The number of fused-ring (bicyclic) bond motifs is 1. The minimum absolute atomic E-state index is 0.347. The SMILES string of the molecule is CNc1nccc(-c2cc(NC3CCN(c4cc(N)ccn4)CC3)c3cc(OC)ccc3c2)n1. The summed E-state index contributed by atoms with van der Waals surface area (Å²) < 4.78 is 5.50. The fourth-order valence-corrected chi connectivity index (χ4v) is 4.45. The topological polar surface area (TPSA) is 101 Å². The van der Waals surface area contributed by atoms with Crippen molar-refractivity contribution in [3.8, 4) is 17.0 Å². The van der Waals surface area contributed by atoms with Gasteiger partial charge in [-0.3, -0.25) is 0 Å².